The van der Waals surface area contributed by atoms with Gasteiger partial charge < -0.3 is 5.11 Å². The Balaban J connectivity index is 3.36. The summed E-state index contributed by atoms with van der Waals surface area (Å²) in [6, 6.07) is 0. The molecule has 0 aliphatic heterocycles. The monoisotopic (exact) mass is 255 g/mol. The Bertz CT molecular complexity index is 426. The van der Waals surface area contributed by atoms with E-state index in [0.717, 1.165) is 6.42 Å². The molecule has 0 saturated heterocycles. The van der Waals surface area contributed by atoms with Crippen molar-refractivity contribution >= 4 is 5.69 Å². The summed E-state index contributed by atoms with van der Waals surface area (Å²) in [4.78, 5) is 10.9. The fourth-order valence-electron chi connectivity index (χ4n) is 2.37. The van der Waals surface area contributed by atoms with Gasteiger partial charge in [0.1, 0.15) is 11.4 Å². The maximum Gasteiger partial charge on any atom is 0.313 e. The summed E-state index contributed by atoms with van der Waals surface area (Å²) in [6.45, 7) is 5.53. The van der Waals surface area contributed by atoms with Crippen molar-refractivity contribution in [1.29, 1.82) is 0 Å². The number of aryl methyl sites for hydroxylation is 2. The van der Waals surface area contributed by atoms with E-state index in [-0.39, 0.29) is 16.5 Å². The quantitative estimate of drug-likeness (QED) is 0.623. The first-order chi connectivity index (χ1) is 8.43. The molecule has 0 spiro atoms. The lowest BCUT2D eigenvalue weighted by Gasteiger charge is -2.17. The lowest BCUT2D eigenvalue weighted by Crippen LogP contribution is -2.18. The van der Waals surface area contributed by atoms with Crippen LogP contribution in [0.5, 0.6) is 0 Å². The molecule has 0 aromatic carbocycles. The molecule has 2 unspecified atom stereocenters. The molecule has 1 aromatic rings. The van der Waals surface area contributed by atoms with E-state index >= 15 is 0 Å². The lowest BCUT2D eigenvalue weighted by molar-refractivity contribution is -0.386. The SMILES string of the molecule is CCCc1nn(C)c(C(CC)C(C)O)c1[N+](=O)[O-]. The minimum Gasteiger partial charge on any atom is -0.393 e. The summed E-state index contributed by atoms with van der Waals surface area (Å²) in [7, 11) is 1.70. The van der Waals surface area contributed by atoms with Crippen LogP contribution in [0.1, 0.15) is 50.9 Å². The number of nitrogens with zero attached hydrogens (tertiary/aromatic N) is 3. The Hall–Kier alpha value is -1.43. The van der Waals surface area contributed by atoms with Gasteiger partial charge in [-0.3, -0.25) is 14.8 Å². The van der Waals surface area contributed by atoms with Crippen molar-refractivity contribution in [2.75, 3.05) is 0 Å². The van der Waals surface area contributed by atoms with E-state index in [1.54, 1.807) is 18.7 Å². The van der Waals surface area contributed by atoms with Gasteiger partial charge in [0.2, 0.25) is 0 Å². The fraction of sp³-hybridized carbons (Fsp3) is 0.750. The van der Waals surface area contributed by atoms with Gasteiger partial charge in [-0.1, -0.05) is 20.3 Å². The molecule has 6 nitrogen and oxygen atoms in total. The van der Waals surface area contributed by atoms with Gasteiger partial charge in [-0.15, -0.1) is 0 Å². The van der Waals surface area contributed by atoms with Crippen molar-refractivity contribution in [3.63, 3.8) is 0 Å². The first kappa shape index (κ1) is 14.6. The van der Waals surface area contributed by atoms with Crippen molar-refractivity contribution in [3.05, 3.63) is 21.5 Å². The number of aliphatic hydroxyl groups excluding tert-OH is 1. The predicted molar refractivity (Wildman–Crippen MR) is 68.6 cm³/mol. The van der Waals surface area contributed by atoms with Gasteiger partial charge in [-0.05, 0) is 19.8 Å². The number of aliphatic hydroxyl groups is 1. The molecule has 0 saturated carbocycles. The molecule has 1 aromatic heterocycles. The van der Waals surface area contributed by atoms with E-state index in [4.69, 9.17) is 0 Å². The maximum atomic E-state index is 11.2. The highest BCUT2D eigenvalue weighted by molar-refractivity contribution is 5.43. The molecule has 6 heteroatoms. The van der Waals surface area contributed by atoms with Crippen molar-refractivity contribution in [1.82, 2.24) is 9.78 Å². The Labute approximate surface area is 107 Å². The molecular weight excluding hydrogens is 234 g/mol. The molecule has 0 amide bonds. The van der Waals surface area contributed by atoms with Crippen LogP contribution in [0.3, 0.4) is 0 Å². The van der Waals surface area contributed by atoms with Crippen molar-refractivity contribution in [2.45, 2.75) is 52.1 Å². The minimum absolute atomic E-state index is 0.0760. The predicted octanol–water partition coefficient (Wildman–Crippen LogP) is 2.16. The van der Waals surface area contributed by atoms with Crippen LogP contribution in [-0.4, -0.2) is 25.9 Å². The first-order valence-electron chi connectivity index (χ1n) is 6.32. The first-order valence-corrected chi connectivity index (χ1v) is 6.32. The van der Waals surface area contributed by atoms with E-state index in [2.05, 4.69) is 5.10 Å². The average Bonchev–Trinajstić information content (AvgIpc) is 2.57. The standard InChI is InChI=1S/C12H21N3O3/c1-5-7-10-12(15(17)18)11(14(4)13-10)9(6-2)8(3)16/h8-9,16H,5-7H2,1-4H3. The van der Waals surface area contributed by atoms with Crippen molar-refractivity contribution in [3.8, 4) is 0 Å². The number of hydrogen-bond acceptors (Lipinski definition) is 4. The summed E-state index contributed by atoms with van der Waals surface area (Å²) in [6.07, 6.45) is 1.41. The molecular formula is C12H21N3O3. The van der Waals surface area contributed by atoms with Gasteiger partial charge in [0.25, 0.3) is 0 Å². The molecule has 0 radical (unpaired) electrons. The van der Waals surface area contributed by atoms with E-state index < -0.39 is 6.10 Å². The molecule has 102 valence electrons. The highest BCUT2D eigenvalue weighted by atomic mass is 16.6. The van der Waals surface area contributed by atoms with Crippen LogP contribution in [0.25, 0.3) is 0 Å². The summed E-state index contributed by atoms with van der Waals surface area (Å²) in [5.41, 5.74) is 1.12. The highest BCUT2D eigenvalue weighted by Crippen LogP contribution is 2.34. The van der Waals surface area contributed by atoms with Gasteiger partial charge in [-0.2, -0.15) is 5.10 Å². The van der Waals surface area contributed by atoms with Gasteiger partial charge in [0, 0.05) is 13.0 Å². The van der Waals surface area contributed by atoms with Gasteiger partial charge in [-0.25, -0.2) is 0 Å². The second-order valence-electron chi connectivity index (χ2n) is 4.57. The molecule has 1 heterocycles. The van der Waals surface area contributed by atoms with Crippen molar-refractivity contribution < 1.29 is 10.0 Å². The second kappa shape index (κ2) is 5.95. The molecule has 18 heavy (non-hydrogen) atoms. The normalized spacial score (nSPS) is 14.5. The van der Waals surface area contributed by atoms with Gasteiger partial charge >= 0.3 is 5.69 Å². The maximum absolute atomic E-state index is 11.2. The van der Waals surface area contributed by atoms with E-state index in [9.17, 15) is 15.2 Å². The summed E-state index contributed by atoms with van der Waals surface area (Å²) < 4.78 is 1.55. The molecule has 1 rings (SSSR count). The van der Waals surface area contributed by atoms with E-state index in [1.807, 2.05) is 13.8 Å². The van der Waals surface area contributed by atoms with Gasteiger partial charge in [0.05, 0.1) is 11.0 Å². The summed E-state index contributed by atoms with van der Waals surface area (Å²) in [5, 5.41) is 25.3. The lowest BCUT2D eigenvalue weighted by atomic mass is 9.95. The third-order valence-corrected chi connectivity index (χ3v) is 3.18. The second-order valence-corrected chi connectivity index (χ2v) is 4.57. The molecule has 0 fully saturated rings. The molecule has 0 aliphatic rings. The zero-order chi connectivity index (χ0) is 13.9. The van der Waals surface area contributed by atoms with Crippen LogP contribution in [0.4, 0.5) is 5.69 Å². The Morgan fingerprint density at radius 2 is 2.11 bits per heavy atom. The number of nitro groups is 1. The van der Waals surface area contributed by atoms with Crippen LogP contribution in [0.15, 0.2) is 0 Å². The van der Waals surface area contributed by atoms with Gasteiger partial charge in [0.15, 0.2) is 0 Å². The van der Waals surface area contributed by atoms with Crippen molar-refractivity contribution in [2.24, 2.45) is 7.05 Å². The van der Waals surface area contributed by atoms with E-state index in [1.165, 1.54) is 0 Å². The Morgan fingerprint density at radius 1 is 1.50 bits per heavy atom. The summed E-state index contributed by atoms with van der Waals surface area (Å²) in [5.74, 6) is -0.256. The minimum atomic E-state index is -0.626. The molecule has 0 aliphatic carbocycles. The largest absolute Gasteiger partial charge is 0.393 e. The molecule has 2 atom stereocenters. The van der Waals surface area contributed by atoms with Crippen LogP contribution in [-0.2, 0) is 13.5 Å². The Kier molecular flexibility index (Phi) is 4.84. The zero-order valence-corrected chi connectivity index (χ0v) is 11.4. The smallest absolute Gasteiger partial charge is 0.313 e. The van der Waals surface area contributed by atoms with Crippen LogP contribution in [0, 0.1) is 10.1 Å². The molecule has 1 N–H and O–H groups in total. The fourth-order valence-corrected chi connectivity index (χ4v) is 2.37. The van der Waals surface area contributed by atoms with E-state index in [0.29, 0.717) is 24.2 Å². The number of rotatable bonds is 6. The number of aromatic nitrogens is 2. The zero-order valence-electron chi connectivity index (χ0n) is 11.4. The van der Waals surface area contributed by atoms with Crippen LogP contribution >= 0.6 is 0 Å². The average molecular weight is 255 g/mol. The number of hydrogen-bond donors (Lipinski definition) is 1. The third-order valence-electron chi connectivity index (χ3n) is 3.18. The third kappa shape index (κ3) is 2.69. The molecule has 0 bridgehead atoms. The highest BCUT2D eigenvalue weighted by Gasteiger charge is 2.32. The van der Waals surface area contributed by atoms with Crippen LogP contribution < -0.4 is 0 Å². The summed E-state index contributed by atoms with van der Waals surface area (Å²) >= 11 is 0. The Morgan fingerprint density at radius 3 is 2.50 bits per heavy atom. The van der Waals surface area contributed by atoms with Crippen LogP contribution in [0.2, 0.25) is 0 Å². The topological polar surface area (TPSA) is 81.2 Å².